The summed E-state index contributed by atoms with van der Waals surface area (Å²) in [7, 11) is 0. The number of carbonyl (C=O) groups excluding carboxylic acids is 2. The van der Waals surface area contributed by atoms with Crippen molar-refractivity contribution in [2.24, 2.45) is 11.8 Å². The maximum atomic E-state index is 12.8. The SMILES string of the molecule is CCN(CC)C(=O)C1CCC(C(=O)Nc2ccc(N(CC)CC)cc2C)CC1. The zero-order valence-electron chi connectivity index (χ0n) is 18.3. The van der Waals surface area contributed by atoms with Crippen molar-refractivity contribution in [1.82, 2.24) is 4.90 Å². The number of anilines is 2. The molecule has 2 amide bonds. The summed E-state index contributed by atoms with van der Waals surface area (Å²) < 4.78 is 0. The molecule has 1 aliphatic rings. The number of amides is 2. The Labute approximate surface area is 170 Å². The average Bonchev–Trinajstić information content (AvgIpc) is 2.71. The highest BCUT2D eigenvalue weighted by molar-refractivity contribution is 5.93. The van der Waals surface area contributed by atoms with Crippen molar-refractivity contribution in [3.05, 3.63) is 23.8 Å². The average molecular weight is 388 g/mol. The molecule has 0 atom stereocenters. The topological polar surface area (TPSA) is 52.7 Å². The Balaban J connectivity index is 1.93. The van der Waals surface area contributed by atoms with Gasteiger partial charge in [-0.1, -0.05) is 0 Å². The number of benzene rings is 1. The van der Waals surface area contributed by atoms with E-state index in [1.807, 2.05) is 31.7 Å². The van der Waals surface area contributed by atoms with E-state index in [-0.39, 0.29) is 23.7 Å². The van der Waals surface area contributed by atoms with Crippen molar-refractivity contribution in [1.29, 1.82) is 0 Å². The molecule has 0 spiro atoms. The van der Waals surface area contributed by atoms with Crippen LogP contribution >= 0.6 is 0 Å². The summed E-state index contributed by atoms with van der Waals surface area (Å²) in [5.41, 5.74) is 3.17. The maximum Gasteiger partial charge on any atom is 0.227 e. The predicted octanol–water partition coefficient (Wildman–Crippen LogP) is 4.45. The second-order valence-corrected chi connectivity index (χ2v) is 7.72. The molecule has 0 heterocycles. The first kappa shape index (κ1) is 22.3. The van der Waals surface area contributed by atoms with Gasteiger partial charge in [-0.25, -0.2) is 0 Å². The number of hydrogen-bond acceptors (Lipinski definition) is 3. The minimum Gasteiger partial charge on any atom is -0.372 e. The molecule has 28 heavy (non-hydrogen) atoms. The van der Waals surface area contributed by atoms with Crippen molar-refractivity contribution < 1.29 is 9.59 Å². The van der Waals surface area contributed by atoms with Crippen LogP contribution in [-0.4, -0.2) is 42.9 Å². The van der Waals surface area contributed by atoms with Gasteiger partial charge in [0, 0.05) is 49.4 Å². The first-order valence-corrected chi connectivity index (χ1v) is 10.9. The molecule has 1 aromatic carbocycles. The van der Waals surface area contributed by atoms with Crippen LogP contribution in [0.15, 0.2) is 18.2 Å². The van der Waals surface area contributed by atoms with Gasteiger partial charge in [-0.2, -0.15) is 0 Å². The number of rotatable bonds is 8. The van der Waals surface area contributed by atoms with Crippen LogP contribution in [0.1, 0.15) is 58.9 Å². The minimum atomic E-state index is 0.00242. The molecule has 1 aromatic rings. The summed E-state index contributed by atoms with van der Waals surface area (Å²) in [5, 5.41) is 3.12. The number of hydrogen-bond donors (Lipinski definition) is 1. The number of aryl methyl sites for hydroxylation is 1. The minimum absolute atomic E-state index is 0.00242. The Morgan fingerprint density at radius 2 is 1.50 bits per heavy atom. The normalized spacial score (nSPS) is 19.2. The Kier molecular flexibility index (Phi) is 8.34. The van der Waals surface area contributed by atoms with Gasteiger partial charge < -0.3 is 15.1 Å². The number of nitrogens with zero attached hydrogens (tertiary/aromatic N) is 2. The molecule has 0 saturated heterocycles. The van der Waals surface area contributed by atoms with E-state index in [1.165, 1.54) is 5.69 Å². The van der Waals surface area contributed by atoms with Crippen LogP contribution in [-0.2, 0) is 9.59 Å². The van der Waals surface area contributed by atoms with Gasteiger partial charge in [-0.3, -0.25) is 9.59 Å². The first-order valence-electron chi connectivity index (χ1n) is 10.9. The Bertz CT molecular complexity index is 658. The number of carbonyl (C=O) groups is 2. The molecule has 5 heteroatoms. The quantitative estimate of drug-likeness (QED) is 0.717. The third-order valence-corrected chi connectivity index (χ3v) is 6.12. The van der Waals surface area contributed by atoms with Crippen molar-refractivity contribution in [3.63, 3.8) is 0 Å². The van der Waals surface area contributed by atoms with Gasteiger partial charge >= 0.3 is 0 Å². The molecule has 0 aliphatic heterocycles. The first-order chi connectivity index (χ1) is 13.4. The van der Waals surface area contributed by atoms with E-state index in [9.17, 15) is 9.59 Å². The van der Waals surface area contributed by atoms with E-state index < -0.39 is 0 Å². The van der Waals surface area contributed by atoms with E-state index >= 15 is 0 Å². The predicted molar refractivity (Wildman–Crippen MR) is 117 cm³/mol. The summed E-state index contributed by atoms with van der Waals surface area (Å²) in [6, 6.07) is 6.23. The third kappa shape index (κ3) is 5.27. The molecule has 0 unspecified atom stereocenters. The standard InChI is InChI=1S/C23H37N3O2/c1-6-25(7-2)20-14-15-21(17(5)16-20)24-22(27)18-10-12-19(13-11-18)23(28)26(8-3)9-4/h14-16,18-19H,6-13H2,1-5H3,(H,24,27). The summed E-state index contributed by atoms with van der Waals surface area (Å²) in [6.07, 6.45) is 3.21. The fourth-order valence-electron chi connectivity index (χ4n) is 4.20. The van der Waals surface area contributed by atoms with Gasteiger partial charge in [-0.15, -0.1) is 0 Å². The molecule has 1 N–H and O–H groups in total. The van der Waals surface area contributed by atoms with Crippen LogP contribution < -0.4 is 10.2 Å². The van der Waals surface area contributed by atoms with Gasteiger partial charge in [0.25, 0.3) is 0 Å². The molecule has 156 valence electrons. The highest BCUT2D eigenvalue weighted by atomic mass is 16.2. The fraction of sp³-hybridized carbons (Fsp3) is 0.652. The van der Waals surface area contributed by atoms with E-state index in [1.54, 1.807) is 0 Å². The van der Waals surface area contributed by atoms with Gasteiger partial charge in [0.1, 0.15) is 0 Å². The summed E-state index contributed by atoms with van der Waals surface area (Å²) in [4.78, 5) is 29.5. The fourth-order valence-corrected chi connectivity index (χ4v) is 4.20. The summed E-state index contributed by atoms with van der Waals surface area (Å²) >= 11 is 0. The van der Waals surface area contributed by atoms with Crippen molar-refractivity contribution in [2.75, 3.05) is 36.4 Å². The van der Waals surface area contributed by atoms with Crippen LogP contribution in [0.25, 0.3) is 0 Å². The summed E-state index contributed by atoms with van der Waals surface area (Å²) in [5.74, 6) is 0.431. The lowest BCUT2D eigenvalue weighted by molar-refractivity contribution is -0.137. The molecule has 1 saturated carbocycles. The molecule has 0 radical (unpaired) electrons. The lowest BCUT2D eigenvalue weighted by atomic mass is 9.81. The monoisotopic (exact) mass is 387 g/mol. The van der Waals surface area contributed by atoms with Gasteiger partial charge in [0.05, 0.1) is 0 Å². The largest absolute Gasteiger partial charge is 0.372 e. The molecular weight excluding hydrogens is 350 g/mol. The van der Waals surface area contributed by atoms with Crippen LogP contribution in [0.5, 0.6) is 0 Å². The molecule has 0 bridgehead atoms. The van der Waals surface area contributed by atoms with Crippen LogP contribution in [0, 0.1) is 18.8 Å². The van der Waals surface area contributed by atoms with E-state index in [4.69, 9.17) is 0 Å². The van der Waals surface area contributed by atoms with Crippen molar-refractivity contribution >= 4 is 23.2 Å². The molecule has 1 fully saturated rings. The molecule has 1 aliphatic carbocycles. The lowest BCUT2D eigenvalue weighted by Crippen LogP contribution is -2.38. The van der Waals surface area contributed by atoms with Crippen LogP contribution in [0.2, 0.25) is 0 Å². The molecule has 2 rings (SSSR count). The van der Waals surface area contributed by atoms with Crippen LogP contribution in [0.3, 0.4) is 0 Å². The van der Waals surface area contributed by atoms with Crippen molar-refractivity contribution in [2.45, 2.75) is 60.3 Å². The molecular formula is C23H37N3O2. The smallest absolute Gasteiger partial charge is 0.227 e. The van der Waals surface area contributed by atoms with Gasteiger partial charge in [0.2, 0.25) is 11.8 Å². The van der Waals surface area contributed by atoms with Crippen LogP contribution in [0.4, 0.5) is 11.4 Å². The zero-order chi connectivity index (χ0) is 20.7. The van der Waals surface area contributed by atoms with E-state index in [0.717, 1.165) is 63.1 Å². The molecule has 0 aromatic heterocycles. The van der Waals surface area contributed by atoms with Gasteiger partial charge in [-0.05, 0) is 84.1 Å². The Hall–Kier alpha value is -2.04. The zero-order valence-corrected chi connectivity index (χ0v) is 18.3. The number of nitrogens with one attached hydrogen (secondary N) is 1. The molecule has 5 nitrogen and oxygen atoms in total. The van der Waals surface area contributed by atoms with E-state index in [2.05, 4.69) is 36.2 Å². The maximum absolute atomic E-state index is 12.8. The van der Waals surface area contributed by atoms with Gasteiger partial charge in [0.15, 0.2) is 0 Å². The summed E-state index contributed by atoms with van der Waals surface area (Å²) in [6.45, 7) is 13.8. The third-order valence-electron chi connectivity index (χ3n) is 6.12. The lowest BCUT2D eigenvalue weighted by Gasteiger charge is -2.31. The Morgan fingerprint density at radius 1 is 0.929 bits per heavy atom. The second kappa shape index (κ2) is 10.5. The highest BCUT2D eigenvalue weighted by Gasteiger charge is 2.31. The highest BCUT2D eigenvalue weighted by Crippen LogP contribution is 2.31. The van der Waals surface area contributed by atoms with Crippen molar-refractivity contribution in [3.8, 4) is 0 Å². The van der Waals surface area contributed by atoms with E-state index in [0.29, 0.717) is 0 Å². The second-order valence-electron chi connectivity index (χ2n) is 7.72. The Morgan fingerprint density at radius 3 is 2.00 bits per heavy atom.